The van der Waals surface area contributed by atoms with Gasteiger partial charge in [-0.15, -0.1) is 16.4 Å². The van der Waals surface area contributed by atoms with Gasteiger partial charge in [0.25, 0.3) is 5.91 Å². The molecule has 2 aromatic rings. The second kappa shape index (κ2) is 6.76. The lowest BCUT2D eigenvalue weighted by atomic mass is 9.99. The van der Waals surface area contributed by atoms with Crippen molar-refractivity contribution in [2.24, 2.45) is 0 Å². The van der Waals surface area contributed by atoms with Crippen LogP contribution in [0.25, 0.3) is 0 Å². The van der Waals surface area contributed by atoms with Gasteiger partial charge in [-0.3, -0.25) is 4.79 Å². The normalized spacial score (nSPS) is 17.0. The van der Waals surface area contributed by atoms with E-state index < -0.39 is 12.0 Å². The van der Waals surface area contributed by atoms with E-state index in [1.165, 1.54) is 7.11 Å². The summed E-state index contributed by atoms with van der Waals surface area (Å²) in [6, 6.07) is 1.22. The third-order valence-electron chi connectivity index (χ3n) is 3.89. The van der Waals surface area contributed by atoms with Gasteiger partial charge in [0.05, 0.1) is 12.8 Å². The highest BCUT2D eigenvalue weighted by atomic mass is 32.1. The van der Waals surface area contributed by atoms with Gasteiger partial charge in [-0.1, -0.05) is 17.8 Å². The predicted molar refractivity (Wildman–Crippen MR) is 87.7 cm³/mol. The third-order valence-corrected chi connectivity index (χ3v) is 5.64. The molecule has 1 amide bonds. The minimum atomic E-state index is -0.681. The molecule has 23 heavy (non-hydrogen) atoms. The Morgan fingerprint density at radius 1 is 1.48 bits per heavy atom. The molecule has 6 nitrogen and oxygen atoms in total. The number of amides is 1. The fourth-order valence-corrected chi connectivity index (χ4v) is 4.37. The number of hydrogen-bond acceptors (Lipinski definition) is 7. The molecule has 0 aliphatic carbocycles. The van der Waals surface area contributed by atoms with Crippen LogP contribution in [0.4, 0.5) is 0 Å². The van der Waals surface area contributed by atoms with Crippen molar-refractivity contribution in [3.63, 3.8) is 0 Å². The topological polar surface area (TPSA) is 72.4 Å². The minimum Gasteiger partial charge on any atom is -0.467 e. The number of fused-ring (bicyclic) bond motifs is 1. The summed E-state index contributed by atoms with van der Waals surface area (Å²) in [5.74, 6) is -0.595. The molecular weight excluding hydrogens is 334 g/mol. The SMILES string of the molecule is CCCc1nnsc1C(=O)N1CCc2sccc2C1C(=O)OC. The molecule has 1 atom stereocenters. The molecule has 0 aromatic carbocycles. The van der Waals surface area contributed by atoms with Gasteiger partial charge in [-0.2, -0.15) is 0 Å². The number of thiophene rings is 1. The van der Waals surface area contributed by atoms with E-state index in [-0.39, 0.29) is 5.91 Å². The van der Waals surface area contributed by atoms with Gasteiger partial charge >= 0.3 is 5.97 Å². The van der Waals surface area contributed by atoms with Crippen LogP contribution < -0.4 is 0 Å². The molecule has 2 aromatic heterocycles. The summed E-state index contributed by atoms with van der Waals surface area (Å²) in [5, 5.41) is 6.00. The molecule has 0 radical (unpaired) electrons. The monoisotopic (exact) mass is 351 g/mol. The summed E-state index contributed by atoms with van der Waals surface area (Å²) in [4.78, 5) is 28.5. The van der Waals surface area contributed by atoms with Crippen LogP contribution >= 0.6 is 22.9 Å². The first-order chi connectivity index (χ1) is 11.2. The molecule has 0 bridgehead atoms. The van der Waals surface area contributed by atoms with E-state index in [9.17, 15) is 9.59 Å². The van der Waals surface area contributed by atoms with Gasteiger partial charge in [0.2, 0.25) is 0 Å². The molecule has 8 heteroatoms. The Labute approximate surface area is 142 Å². The first-order valence-corrected chi connectivity index (χ1v) is 9.09. The van der Waals surface area contributed by atoms with Crippen LogP contribution in [-0.4, -0.2) is 40.0 Å². The molecule has 0 saturated heterocycles. The Morgan fingerprint density at radius 2 is 2.30 bits per heavy atom. The van der Waals surface area contributed by atoms with Crippen LogP contribution in [0.1, 0.15) is 45.2 Å². The van der Waals surface area contributed by atoms with Crippen molar-refractivity contribution < 1.29 is 14.3 Å². The molecule has 1 aliphatic heterocycles. The number of hydrogen-bond donors (Lipinski definition) is 0. The zero-order valence-electron chi connectivity index (χ0n) is 12.9. The summed E-state index contributed by atoms with van der Waals surface area (Å²) >= 11 is 2.71. The Hall–Kier alpha value is -1.80. The van der Waals surface area contributed by atoms with Crippen LogP contribution in [0.2, 0.25) is 0 Å². The highest BCUT2D eigenvalue weighted by molar-refractivity contribution is 7.10. The van der Waals surface area contributed by atoms with Crippen LogP contribution in [0.3, 0.4) is 0 Å². The van der Waals surface area contributed by atoms with Crippen molar-refractivity contribution in [2.75, 3.05) is 13.7 Å². The molecule has 0 fully saturated rings. The van der Waals surface area contributed by atoms with Crippen molar-refractivity contribution in [3.8, 4) is 0 Å². The predicted octanol–water partition coefficient (Wildman–Crippen LogP) is 2.46. The number of esters is 1. The summed E-state index contributed by atoms with van der Waals surface area (Å²) < 4.78 is 8.85. The lowest BCUT2D eigenvalue weighted by molar-refractivity contribution is -0.146. The fourth-order valence-electron chi connectivity index (χ4n) is 2.80. The summed E-state index contributed by atoms with van der Waals surface area (Å²) in [6.45, 7) is 2.53. The number of methoxy groups -OCH3 is 1. The maximum atomic E-state index is 13.0. The van der Waals surface area contributed by atoms with Gasteiger partial charge in [0, 0.05) is 11.4 Å². The first kappa shape index (κ1) is 16.1. The maximum Gasteiger partial charge on any atom is 0.333 e. The second-order valence-electron chi connectivity index (χ2n) is 5.27. The fraction of sp³-hybridized carbons (Fsp3) is 0.467. The molecule has 0 N–H and O–H groups in total. The van der Waals surface area contributed by atoms with Crippen molar-refractivity contribution in [3.05, 3.63) is 32.5 Å². The van der Waals surface area contributed by atoms with Crippen molar-refractivity contribution in [2.45, 2.75) is 32.2 Å². The summed E-state index contributed by atoms with van der Waals surface area (Å²) in [6.07, 6.45) is 2.35. The molecule has 3 rings (SSSR count). The zero-order valence-corrected chi connectivity index (χ0v) is 14.6. The maximum absolute atomic E-state index is 13.0. The smallest absolute Gasteiger partial charge is 0.333 e. The van der Waals surface area contributed by atoms with Crippen molar-refractivity contribution in [1.82, 2.24) is 14.5 Å². The molecule has 122 valence electrons. The molecular formula is C15H17N3O3S2. The van der Waals surface area contributed by atoms with E-state index in [4.69, 9.17) is 4.74 Å². The Kier molecular flexibility index (Phi) is 4.72. The van der Waals surface area contributed by atoms with Crippen molar-refractivity contribution in [1.29, 1.82) is 0 Å². The third kappa shape index (κ3) is 2.88. The van der Waals surface area contributed by atoms with Crippen LogP contribution in [0, 0.1) is 0 Å². The van der Waals surface area contributed by atoms with Crippen LogP contribution in [-0.2, 0) is 22.4 Å². The van der Waals surface area contributed by atoms with Gasteiger partial charge in [0.15, 0.2) is 6.04 Å². The van der Waals surface area contributed by atoms with E-state index in [1.54, 1.807) is 16.2 Å². The number of aromatic nitrogens is 2. The first-order valence-electron chi connectivity index (χ1n) is 7.43. The van der Waals surface area contributed by atoms with Crippen LogP contribution in [0.5, 0.6) is 0 Å². The van der Waals surface area contributed by atoms with E-state index in [1.807, 2.05) is 18.4 Å². The average molecular weight is 351 g/mol. The van der Waals surface area contributed by atoms with E-state index >= 15 is 0 Å². The zero-order chi connectivity index (χ0) is 16.4. The van der Waals surface area contributed by atoms with Gasteiger partial charge in [-0.05, 0) is 41.4 Å². The van der Waals surface area contributed by atoms with Gasteiger partial charge < -0.3 is 9.64 Å². The number of carbonyl (C=O) groups excluding carboxylic acids is 2. The molecule has 0 saturated carbocycles. The summed E-state index contributed by atoms with van der Waals surface area (Å²) in [7, 11) is 1.35. The number of carbonyl (C=O) groups is 2. The van der Waals surface area contributed by atoms with E-state index in [0.717, 1.165) is 34.8 Å². The van der Waals surface area contributed by atoms with Crippen LogP contribution in [0.15, 0.2) is 11.4 Å². The molecule has 3 heterocycles. The van der Waals surface area contributed by atoms with E-state index in [0.29, 0.717) is 23.5 Å². The highest BCUT2D eigenvalue weighted by Crippen LogP contribution is 2.35. The summed E-state index contributed by atoms with van der Waals surface area (Å²) in [5.41, 5.74) is 1.58. The Bertz CT molecular complexity index is 725. The van der Waals surface area contributed by atoms with Crippen molar-refractivity contribution >= 4 is 34.7 Å². The lowest BCUT2D eigenvalue weighted by Crippen LogP contribution is -2.43. The molecule has 1 aliphatic rings. The van der Waals surface area contributed by atoms with Gasteiger partial charge in [-0.25, -0.2) is 4.79 Å². The number of ether oxygens (including phenoxy) is 1. The standard InChI is InChI=1S/C15H17N3O3S2/c1-3-4-10-13(23-17-16-10)14(19)18-7-5-11-9(6-8-22-11)12(18)15(20)21-2/h6,8,12H,3-5,7H2,1-2H3. The highest BCUT2D eigenvalue weighted by Gasteiger charge is 2.39. The second-order valence-corrected chi connectivity index (χ2v) is 7.03. The number of aryl methyl sites for hydroxylation is 1. The Balaban J connectivity index is 1.96. The number of nitrogens with zero attached hydrogens (tertiary/aromatic N) is 3. The average Bonchev–Trinajstić information content (AvgIpc) is 3.21. The molecule has 1 unspecified atom stereocenters. The largest absolute Gasteiger partial charge is 0.467 e. The Morgan fingerprint density at radius 3 is 3.04 bits per heavy atom. The van der Waals surface area contributed by atoms with Gasteiger partial charge in [0.1, 0.15) is 4.88 Å². The quantitative estimate of drug-likeness (QED) is 0.791. The number of rotatable bonds is 4. The minimum absolute atomic E-state index is 0.185. The molecule has 0 spiro atoms. The van der Waals surface area contributed by atoms with E-state index in [2.05, 4.69) is 9.59 Å². The lowest BCUT2D eigenvalue weighted by Gasteiger charge is -2.33.